The predicted octanol–water partition coefficient (Wildman–Crippen LogP) is 0.901. The third-order valence-corrected chi connectivity index (χ3v) is 4.50. The average molecular weight is 382 g/mol. The summed E-state index contributed by atoms with van der Waals surface area (Å²) in [6.07, 6.45) is 0.179. The van der Waals surface area contributed by atoms with Gasteiger partial charge in [-0.15, -0.1) is 0 Å². The van der Waals surface area contributed by atoms with Crippen LogP contribution in [0.15, 0.2) is 30.3 Å². The van der Waals surface area contributed by atoms with Crippen molar-refractivity contribution in [2.45, 2.75) is 32.4 Å². The van der Waals surface area contributed by atoms with Crippen LogP contribution in [0.5, 0.6) is 0 Å². The van der Waals surface area contributed by atoms with E-state index in [0.29, 0.717) is 18.1 Å². The highest BCUT2D eigenvalue weighted by molar-refractivity contribution is 7.99. The fourth-order valence-corrected chi connectivity index (χ4v) is 3.04. The molecule has 2 atom stereocenters. The molecule has 0 heterocycles. The van der Waals surface area contributed by atoms with Gasteiger partial charge in [-0.25, -0.2) is 0 Å². The second-order valence-corrected chi connectivity index (χ2v) is 6.78. The van der Waals surface area contributed by atoms with Crippen LogP contribution in [0.1, 0.15) is 19.4 Å². The number of carbonyl (C=O) groups excluding carboxylic acids is 3. The molecule has 0 spiro atoms. The summed E-state index contributed by atoms with van der Waals surface area (Å²) in [6.45, 7) is 3.08. The molecule has 0 saturated heterocycles. The Morgan fingerprint density at radius 1 is 1.12 bits per heavy atom. The van der Waals surface area contributed by atoms with Gasteiger partial charge in [-0.05, 0) is 12.0 Å². The fourth-order valence-electron chi connectivity index (χ4n) is 2.07. The molecule has 0 aliphatic carbocycles. The summed E-state index contributed by atoms with van der Waals surface area (Å²) >= 11 is 1.37. The van der Waals surface area contributed by atoms with Crippen molar-refractivity contribution >= 4 is 29.6 Å². The van der Waals surface area contributed by atoms with Crippen molar-refractivity contribution in [2.75, 3.05) is 24.7 Å². The molecule has 2 unspecified atom stereocenters. The first-order valence-electron chi connectivity index (χ1n) is 8.34. The second kappa shape index (κ2) is 12.3. The summed E-state index contributed by atoms with van der Waals surface area (Å²) in [6, 6.07) is 9.19. The Balaban J connectivity index is 2.27. The highest BCUT2D eigenvalue weighted by Gasteiger charge is 2.17. The molecule has 0 radical (unpaired) electrons. The Bertz CT molecular complexity index is 582. The lowest BCUT2D eigenvalue weighted by atomic mass is 10.1. The number of nitrogens with one attached hydrogen (secondary N) is 1. The van der Waals surface area contributed by atoms with Crippen molar-refractivity contribution in [2.24, 2.45) is 5.73 Å². The molecule has 3 N–H and O–H groups in total. The third-order valence-electron chi connectivity index (χ3n) is 3.30. The smallest absolute Gasteiger partial charge is 0.303 e. The zero-order valence-corrected chi connectivity index (χ0v) is 15.9. The van der Waals surface area contributed by atoms with Crippen molar-refractivity contribution < 1.29 is 23.9 Å². The van der Waals surface area contributed by atoms with Gasteiger partial charge in [-0.2, -0.15) is 11.8 Å². The summed E-state index contributed by atoms with van der Waals surface area (Å²) in [5.41, 5.74) is 7.02. The molecular formula is C18H26N2O5S. The van der Waals surface area contributed by atoms with E-state index in [-0.39, 0.29) is 12.5 Å². The van der Waals surface area contributed by atoms with E-state index in [4.69, 9.17) is 15.2 Å². The molecular weight excluding hydrogens is 356 g/mol. The Morgan fingerprint density at radius 2 is 1.81 bits per heavy atom. The Labute approximate surface area is 158 Å². The van der Waals surface area contributed by atoms with E-state index in [1.807, 2.05) is 30.3 Å². The standard InChI is InChI=1S/C18H26N2O5S/c1-13(21)24-10-16(25-14(2)22)11-26-12-17(19)18(23)20-9-8-15-6-4-3-5-7-15/h3-7,16-17H,8-12,19H2,1-2H3,(H,20,23). The predicted molar refractivity (Wildman–Crippen MR) is 101 cm³/mol. The molecule has 26 heavy (non-hydrogen) atoms. The van der Waals surface area contributed by atoms with Gasteiger partial charge in [0.25, 0.3) is 0 Å². The zero-order valence-electron chi connectivity index (χ0n) is 15.1. The molecule has 1 aromatic rings. The molecule has 7 nitrogen and oxygen atoms in total. The molecule has 144 valence electrons. The van der Waals surface area contributed by atoms with Gasteiger partial charge in [0, 0.05) is 31.9 Å². The lowest BCUT2D eigenvalue weighted by molar-refractivity contribution is -0.154. The van der Waals surface area contributed by atoms with Gasteiger partial charge < -0.3 is 20.5 Å². The molecule has 1 amide bonds. The fraction of sp³-hybridized carbons (Fsp3) is 0.500. The van der Waals surface area contributed by atoms with Crippen LogP contribution in [0.25, 0.3) is 0 Å². The van der Waals surface area contributed by atoms with Crippen LogP contribution in [0.2, 0.25) is 0 Å². The Hall–Kier alpha value is -2.06. The van der Waals surface area contributed by atoms with Crippen LogP contribution >= 0.6 is 11.8 Å². The van der Waals surface area contributed by atoms with Crippen LogP contribution in [0.3, 0.4) is 0 Å². The zero-order chi connectivity index (χ0) is 19.4. The van der Waals surface area contributed by atoms with Gasteiger partial charge in [0.05, 0.1) is 6.04 Å². The second-order valence-electron chi connectivity index (χ2n) is 5.70. The van der Waals surface area contributed by atoms with Crippen molar-refractivity contribution in [3.05, 3.63) is 35.9 Å². The minimum absolute atomic E-state index is 0.0135. The topological polar surface area (TPSA) is 108 Å². The molecule has 0 fully saturated rings. The van der Waals surface area contributed by atoms with Crippen molar-refractivity contribution in [1.82, 2.24) is 5.32 Å². The summed E-state index contributed by atoms with van der Waals surface area (Å²) in [5.74, 6) is -0.364. The van der Waals surface area contributed by atoms with Crippen molar-refractivity contribution in [3.8, 4) is 0 Å². The van der Waals surface area contributed by atoms with Crippen molar-refractivity contribution in [1.29, 1.82) is 0 Å². The van der Waals surface area contributed by atoms with Gasteiger partial charge >= 0.3 is 11.9 Å². The van der Waals surface area contributed by atoms with Crippen molar-refractivity contribution in [3.63, 3.8) is 0 Å². The van der Waals surface area contributed by atoms with Crippen LogP contribution in [-0.4, -0.2) is 54.6 Å². The van der Waals surface area contributed by atoms with Gasteiger partial charge in [-0.3, -0.25) is 14.4 Å². The van der Waals surface area contributed by atoms with Gasteiger partial charge in [0.2, 0.25) is 5.91 Å². The third kappa shape index (κ3) is 10.0. The number of amides is 1. The molecule has 1 aromatic carbocycles. The number of nitrogens with two attached hydrogens (primary N) is 1. The SMILES string of the molecule is CC(=O)OCC(CSCC(N)C(=O)NCCc1ccccc1)OC(C)=O. The summed E-state index contributed by atoms with van der Waals surface area (Å²) in [7, 11) is 0. The number of rotatable bonds is 11. The average Bonchev–Trinajstić information content (AvgIpc) is 2.59. The monoisotopic (exact) mass is 382 g/mol. The molecule has 1 rings (SSSR count). The number of carbonyl (C=O) groups is 3. The van der Waals surface area contributed by atoms with Crippen LogP contribution in [0, 0.1) is 0 Å². The van der Waals surface area contributed by atoms with E-state index in [2.05, 4.69) is 5.32 Å². The number of benzene rings is 1. The molecule has 0 aromatic heterocycles. The Kier molecular flexibility index (Phi) is 10.4. The van der Waals surface area contributed by atoms with Crippen LogP contribution in [-0.2, 0) is 30.3 Å². The van der Waals surface area contributed by atoms with Gasteiger partial charge in [0.1, 0.15) is 12.7 Å². The lowest BCUT2D eigenvalue weighted by Gasteiger charge is -2.17. The molecule has 0 saturated carbocycles. The number of thioether (sulfide) groups is 1. The first-order valence-corrected chi connectivity index (χ1v) is 9.49. The van der Waals surface area contributed by atoms with Gasteiger partial charge in [-0.1, -0.05) is 30.3 Å². The molecule has 0 aliphatic heterocycles. The summed E-state index contributed by atoms with van der Waals surface area (Å²) in [5, 5.41) is 2.81. The maximum atomic E-state index is 12.0. The maximum absolute atomic E-state index is 12.0. The largest absolute Gasteiger partial charge is 0.462 e. The lowest BCUT2D eigenvalue weighted by Crippen LogP contribution is -2.43. The van der Waals surface area contributed by atoms with E-state index < -0.39 is 24.1 Å². The van der Waals surface area contributed by atoms with E-state index in [1.54, 1.807) is 0 Å². The minimum Gasteiger partial charge on any atom is -0.462 e. The highest BCUT2D eigenvalue weighted by Crippen LogP contribution is 2.09. The minimum atomic E-state index is -0.664. The van der Waals surface area contributed by atoms with Gasteiger partial charge in [0.15, 0.2) is 0 Å². The summed E-state index contributed by atoms with van der Waals surface area (Å²) < 4.78 is 9.94. The Morgan fingerprint density at radius 3 is 2.42 bits per heavy atom. The number of hydrogen-bond donors (Lipinski definition) is 2. The molecule has 8 heteroatoms. The van der Waals surface area contributed by atoms with Crippen LogP contribution in [0.4, 0.5) is 0 Å². The van der Waals surface area contributed by atoms with E-state index in [9.17, 15) is 14.4 Å². The van der Waals surface area contributed by atoms with E-state index in [0.717, 1.165) is 12.0 Å². The maximum Gasteiger partial charge on any atom is 0.303 e. The van der Waals surface area contributed by atoms with Crippen LogP contribution < -0.4 is 11.1 Å². The first kappa shape index (κ1) is 22.0. The molecule has 0 bridgehead atoms. The summed E-state index contributed by atoms with van der Waals surface area (Å²) in [4.78, 5) is 33.9. The molecule has 0 aliphatic rings. The number of esters is 2. The van der Waals surface area contributed by atoms with E-state index in [1.165, 1.54) is 25.6 Å². The quantitative estimate of drug-likeness (QED) is 0.548. The highest BCUT2D eigenvalue weighted by atomic mass is 32.2. The number of ether oxygens (including phenoxy) is 2. The first-order chi connectivity index (χ1) is 12.4. The van der Waals surface area contributed by atoms with E-state index >= 15 is 0 Å². The number of hydrogen-bond acceptors (Lipinski definition) is 7. The normalized spacial score (nSPS) is 12.7.